The van der Waals surface area contributed by atoms with Crippen LogP contribution in [0.3, 0.4) is 0 Å². The molecule has 0 radical (unpaired) electrons. The molecule has 1 aliphatic rings. The number of thioether (sulfide) groups is 1. The quantitative estimate of drug-likeness (QED) is 0.793. The number of furan rings is 1. The van der Waals surface area contributed by atoms with Gasteiger partial charge < -0.3 is 9.32 Å². The second kappa shape index (κ2) is 4.75. The monoisotopic (exact) mass is 225 g/mol. The van der Waals surface area contributed by atoms with Gasteiger partial charge in [-0.25, -0.2) is 0 Å². The van der Waals surface area contributed by atoms with E-state index in [0.717, 1.165) is 24.5 Å². The van der Waals surface area contributed by atoms with E-state index in [0.29, 0.717) is 6.42 Å². The first-order chi connectivity index (χ1) is 7.33. The van der Waals surface area contributed by atoms with Crippen LogP contribution in [0.5, 0.6) is 0 Å². The standard InChI is InChI=1S/C11H15NO2S/c1-2-4-10(13)12-6-8-15-11(12)9-5-3-7-14-9/h3,5,7,11H,2,4,6,8H2,1H3/t11-/m0/s1. The summed E-state index contributed by atoms with van der Waals surface area (Å²) in [4.78, 5) is 13.7. The molecule has 1 saturated heterocycles. The van der Waals surface area contributed by atoms with Gasteiger partial charge in [-0.3, -0.25) is 4.79 Å². The summed E-state index contributed by atoms with van der Waals surface area (Å²) in [5.74, 6) is 2.13. The molecule has 1 amide bonds. The summed E-state index contributed by atoms with van der Waals surface area (Å²) in [6.07, 6.45) is 3.21. The minimum atomic E-state index is 0.0963. The summed E-state index contributed by atoms with van der Waals surface area (Å²) in [6, 6.07) is 3.81. The van der Waals surface area contributed by atoms with Crippen molar-refractivity contribution in [2.75, 3.05) is 12.3 Å². The van der Waals surface area contributed by atoms with Crippen LogP contribution in [-0.2, 0) is 4.79 Å². The van der Waals surface area contributed by atoms with E-state index in [1.807, 2.05) is 24.0 Å². The Morgan fingerprint density at radius 2 is 2.60 bits per heavy atom. The highest BCUT2D eigenvalue weighted by molar-refractivity contribution is 7.99. The van der Waals surface area contributed by atoms with Gasteiger partial charge in [0.2, 0.25) is 5.91 Å². The third-order valence-corrected chi connectivity index (χ3v) is 3.68. The fourth-order valence-electron chi connectivity index (χ4n) is 1.75. The van der Waals surface area contributed by atoms with Crippen molar-refractivity contribution >= 4 is 17.7 Å². The molecule has 0 aliphatic carbocycles. The number of carbonyl (C=O) groups excluding carboxylic acids is 1. The van der Waals surface area contributed by atoms with Gasteiger partial charge in [-0.2, -0.15) is 0 Å². The van der Waals surface area contributed by atoms with Crippen molar-refractivity contribution in [3.63, 3.8) is 0 Å². The van der Waals surface area contributed by atoms with Crippen LogP contribution in [0.1, 0.15) is 30.9 Å². The lowest BCUT2D eigenvalue weighted by Crippen LogP contribution is -2.29. The Bertz CT molecular complexity index is 323. The second-order valence-corrected chi connectivity index (χ2v) is 4.76. The molecular formula is C11H15NO2S. The first-order valence-corrected chi connectivity index (χ1v) is 6.32. The molecule has 1 aromatic heterocycles. The molecule has 0 bridgehead atoms. The minimum absolute atomic E-state index is 0.0963. The van der Waals surface area contributed by atoms with E-state index in [1.165, 1.54) is 0 Å². The summed E-state index contributed by atoms with van der Waals surface area (Å²) >= 11 is 1.77. The van der Waals surface area contributed by atoms with Crippen molar-refractivity contribution in [2.24, 2.45) is 0 Å². The Morgan fingerprint density at radius 1 is 1.73 bits per heavy atom. The van der Waals surface area contributed by atoms with Gasteiger partial charge in [0.15, 0.2) is 0 Å². The van der Waals surface area contributed by atoms with Crippen LogP contribution >= 0.6 is 11.8 Å². The maximum Gasteiger partial charge on any atom is 0.223 e. The van der Waals surface area contributed by atoms with Crippen LogP contribution < -0.4 is 0 Å². The molecule has 0 saturated carbocycles. The number of amides is 1. The lowest BCUT2D eigenvalue weighted by atomic mass is 10.3. The van der Waals surface area contributed by atoms with Gasteiger partial charge in [0.1, 0.15) is 11.1 Å². The molecule has 3 nitrogen and oxygen atoms in total. The van der Waals surface area contributed by atoms with Crippen molar-refractivity contribution in [3.8, 4) is 0 Å². The Labute approximate surface area is 93.8 Å². The zero-order valence-corrected chi connectivity index (χ0v) is 9.63. The first kappa shape index (κ1) is 10.6. The molecule has 1 atom stereocenters. The van der Waals surface area contributed by atoms with Gasteiger partial charge in [0.25, 0.3) is 0 Å². The highest BCUT2D eigenvalue weighted by atomic mass is 32.2. The average Bonchev–Trinajstić information content (AvgIpc) is 2.88. The largest absolute Gasteiger partial charge is 0.466 e. The highest BCUT2D eigenvalue weighted by Gasteiger charge is 2.31. The van der Waals surface area contributed by atoms with Crippen molar-refractivity contribution in [1.82, 2.24) is 4.90 Å². The van der Waals surface area contributed by atoms with E-state index in [4.69, 9.17) is 4.42 Å². The third-order valence-electron chi connectivity index (χ3n) is 2.46. The molecule has 4 heteroatoms. The van der Waals surface area contributed by atoms with Gasteiger partial charge >= 0.3 is 0 Å². The van der Waals surface area contributed by atoms with Crippen molar-refractivity contribution < 1.29 is 9.21 Å². The lowest BCUT2D eigenvalue weighted by Gasteiger charge is -2.21. The van der Waals surface area contributed by atoms with E-state index >= 15 is 0 Å². The molecule has 0 spiro atoms. The summed E-state index contributed by atoms with van der Waals surface area (Å²) in [7, 11) is 0. The Morgan fingerprint density at radius 3 is 3.27 bits per heavy atom. The van der Waals surface area contributed by atoms with Crippen LogP contribution in [-0.4, -0.2) is 23.1 Å². The summed E-state index contributed by atoms with van der Waals surface area (Å²) in [5, 5.41) is 0.0963. The fourth-order valence-corrected chi connectivity index (χ4v) is 2.98. The van der Waals surface area contributed by atoms with Crippen LogP contribution in [0.4, 0.5) is 0 Å². The van der Waals surface area contributed by atoms with E-state index in [-0.39, 0.29) is 11.3 Å². The summed E-state index contributed by atoms with van der Waals surface area (Å²) < 4.78 is 5.36. The first-order valence-electron chi connectivity index (χ1n) is 5.27. The summed E-state index contributed by atoms with van der Waals surface area (Å²) in [6.45, 7) is 2.87. The molecule has 1 fully saturated rings. The number of carbonyl (C=O) groups is 1. The molecule has 0 aromatic carbocycles. The predicted octanol–water partition coefficient (Wildman–Crippen LogP) is 2.65. The van der Waals surface area contributed by atoms with Crippen molar-refractivity contribution in [3.05, 3.63) is 24.2 Å². The van der Waals surface area contributed by atoms with Crippen LogP contribution in [0.2, 0.25) is 0 Å². The molecule has 1 aromatic rings. The number of rotatable bonds is 3. The minimum Gasteiger partial charge on any atom is -0.466 e. The second-order valence-electron chi connectivity index (χ2n) is 3.58. The highest BCUT2D eigenvalue weighted by Crippen LogP contribution is 2.38. The van der Waals surface area contributed by atoms with Crippen molar-refractivity contribution in [2.45, 2.75) is 25.1 Å². The van der Waals surface area contributed by atoms with Gasteiger partial charge in [-0.15, -0.1) is 11.8 Å². The smallest absolute Gasteiger partial charge is 0.223 e. The number of nitrogens with zero attached hydrogens (tertiary/aromatic N) is 1. The zero-order chi connectivity index (χ0) is 10.7. The molecule has 2 heterocycles. The number of hydrogen-bond donors (Lipinski definition) is 0. The molecule has 82 valence electrons. The maximum absolute atomic E-state index is 11.8. The van der Waals surface area contributed by atoms with Gasteiger partial charge in [-0.05, 0) is 18.6 Å². The van der Waals surface area contributed by atoms with E-state index < -0.39 is 0 Å². The number of hydrogen-bond acceptors (Lipinski definition) is 3. The zero-order valence-electron chi connectivity index (χ0n) is 8.81. The molecule has 2 rings (SSSR count). The van der Waals surface area contributed by atoms with E-state index in [9.17, 15) is 4.79 Å². The normalized spacial score (nSPS) is 20.9. The van der Waals surface area contributed by atoms with Gasteiger partial charge in [0, 0.05) is 18.7 Å². The van der Waals surface area contributed by atoms with Crippen molar-refractivity contribution in [1.29, 1.82) is 0 Å². The van der Waals surface area contributed by atoms with E-state index in [2.05, 4.69) is 0 Å². The Balaban J connectivity index is 2.08. The predicted molar refractivity (Wildman–Crippen MR) is 60.5 cm³/mol. The lowest BCUT2D eigenvalue weighted by molar-refractivity contribution is -0.131. The van der Waals surface area contributed by atoms with Gasteiger partial charge in [0.05, 0.1) is 6.26 Å². The Hall–Kier alpha value is -0.900. The topological polar surface area (TPSA) is 33.5 Å². The molecule has 15 heavy (non-hydrogen) atoms. The van der Waals surface area contributed by atoms with Crippen LogP contribution in [0.15, 0.2) is 22.8 Å². The Kier molecular flexibility index (Phi) is 3.36. The SMILES string of the molecule is CCCC(=O)N1CCS[C@H]1c1ccco1. The molecular weight excluding hydrogens is 210 g/mol. The fraction of sp³-hybridized carbons (Fsp3) is 0.545. The molecule has 1 aliphatic heterocycles. The van der Waals surface area contributed by atoms with Crippen LogP contribution in [0, 0.1) is 0 Å². The third kappa shape index (κ3) is 2.20. The van der Waals surface area contributed by atoms with E-state index in [1.54, 1.807) is 18.0 Å². The maximum atomic E-state index is 11.8. The van der Waals surface area contributed by atoms with Gasteiger partial charge in [-0.1, -0.05) is 6.92 Å². The average molecular weight is 225 g/mol. The summed E-state index contributed by atoms with van der Waals surface area (Å²) in [5.41, 5.74) is 0. The molecule has 0 unspecified atom stereocenters. The molecule has 0 N–H and O–H groups in total. The van der Waals surface area contributed by atoms with Crippen LogP contribution in [0.25, 0.3) is 0 Å².